The Morgan fingerprint density at radius 1 is 0.935 bits per heavy atom. The molecule has 1 N–H and O–H groups in total. The van der Waals surface area contributed by atoms with Crippen LogP contribution in [-0.4, -0.2) is 10.8 Å². The summed E-state index contributed by atoms with van der Waals surface area (Å²) in [5.74, 6) is 0.197. The normalized spacial score (nSPS) is 11.6. The molecule has 0 aromatic heterocycles. The minimum atomic E-state index is -4.20. The molecule has 0 heterocycles. The molecule has 0 aliphatic carbocycles. The fourth-order valence-electron chi connectivity index (χ4n) is 2.67. The molecule has 1 amide bonds. The monoisotopic (exact) mass is 436 g/mol. The molecule has 0 aliphatic rings. The molecular weight excluding hydrogens is 419 g/mol. The highest BCUT2D eigenvalue weighted by molar-refractivity contribution is 7.55. The molecule has 0 bridgehead atoms. The van der Waals surface area contributed by atoms with Gasteiger partial charge in [0.25, 0.3) is 11.6 Å². The van der Waals surface area contributed by atoms with Crippen molar-refractivity contribution in [3.63, 3.8) is 0 Å². The van der Waals surface area contributed by atoms with Gasteiger partial charge in [-0.05, 0) is 47.9 Å². The number of nitro groups is 1. The fraction of sp³-hybridized carbons (Fsp3) is 0.0455. The third-order valence-electron chi connectivity index (χ3n) is 4.09. The molecule has 0 saturated carbocycles. The van der Waals surface area contributed by atoms with Crippen LogP contribution in [-0.2, 0) is 9.36 Å². The van der Waals surface area contributed by atoms with Crippen LogP contribution in [0.15, 0.2) is 84.9 Å². The van der Waals surface area contributed by atoms with Gasteiger partial charge in [-0.25, -0.2) is 4.57 Å². The van der Waals surface area contributed by atoms with Crippen LogP contribution in [0.4, 0.5) is 5.69 Å². The summed E-state index contributed by atoms with van der Waals surface area (Å²) < 4.78 is 25.6. The standard InChI is InChI=1S/C22H17N2O6P/c1-2-21(25)23-22(17-13-15-18(16-14-17)24(26)27)31(28,29-19-9-5-3-6-10-19)30-20-11-7-4-8-12-20/h1,3-16,22H,(H,23,25). The molecule has 0 aliphatic heterocycles. The third kappa shape index (κ3) is 5.50. The molecule has 0 spiro atoms. The lowest BCUT2D eigenvalue weighted by Gasteiger charge is -2.28. The van der Waals surface area contributed by atoms with Crippen LogP contribution in [0.1, 0.15) is 11.3 Å². The predicted molar refractivity (Wildman–Crippen MR) is 115 cm³/mol. The van der Waals surface area contributed by atoms with E-state index in [9.17, 15) is 19.5 Å². The van der Waals surface area contributed by atoms with Crippen LogP contribution in [0.3, 0.4) is 0 Å². The van der Waals surface area contributed by atoms with E-state index < -0.39 is 24.2 Å². The molecule has 0 saturated heterocycles. The number of amides is 1. The Balaban J connectivity index is 2.08. The number of para-hydroxylation sites is 2. The lowest BCUT2D eigenvalue weighted by atomic mass is 10.2. The fourth-order valence-corrected chi connectivity index (χ4v) is 4.56. The van der Waals surface area contributed by atoms with Crippen molar-refractivity contribution in [3.8, 4) is 23.8 Å². The average Bonchev–Trinajstić information content (AvgIpc) is 2.78. The second-order valence-corrected chi connectivity index (χ2v) is 8.18. The van der Waals surface area contributed by atoms with Gasteiger partial charge in [0, 0.05) is 12.1 Å². The molecule has 0 radical (unpaired) electrons. The van der Waals surface area contributed by atoms with Gasteiger partial charge in [-0.15, -0.1) is 6.42 Å². The first kappa shape index (κ1) is 21.6. The van der Waals surface area contributed by atoms with Crippen LogP contribution in [0, 0.1) is 22.5 Å². The van der Waals surface area contributed by atoms with Crippen LogP contribution in [0.25, 0.3) is 0 Å². The van der Waals surface area contributed by atoms with Gasteiger partial charge in [-0.1, -0.05) is 36.4 Å². The Hall–Kier alpha value is -4.08. The quantitative estimate of drug-likeness (QED) is 0.237. The molecular formula is C22H17N2O6P. The molecule has 9 heteroatoms. The molecule has 156 valence electrons. The Kier molecular flexibility index (Phi) is 6.71. The first-order valence-electron chi connectivity index (χ1n) is 9.02. The van der Waals surface area contributed by atoms with Crippen molar-refractivity contribution in [3.05, 3.63) is 101 Å². The van der Waals surface area contributed by atoms with E-state index in [0.717, 1.165) is 0 Å². The van der Waals surface area contributed by atoms with Gasteiger partial charge in [-0.3, -0.25) is 14.9 Å². The van der Waals surface area contributed by atoms with Crippen molar-refractivity contribution in [1.82, 2.24) is 5.32 Å². The minimum Gasteiger partial charge on any atom is -0.414 e. The largest absolute Gasteiger partial charge is 0.457 e. The first-order valence-corrected chi connectivity index (χ1v) is 10.6. The second kappa shape index (κ2) is 9.61. The summed E-state index contributed by atoms with van der Waals surface area (Å²) in [6.07, 6.45) is 5.19. The summed E-state index contributed by atoms with van der Waals surface area (Å²) in [5.41, 5.74) is 0.0814. The van der Waals surface area contributed by atoms with Gasteiger partial charge in [0.1, 0.15) is 11.5 Å². The van der Waals surface area contributed by atoms with Crippen molar-refractivity contribution in [2.45, 2.75) is 5.78 Å². The number of benzene rings is 3. The zero-order chi connectivity index (χ0) is 22.3. The highest BCUT2D eigenvalue weighted by Gasteiger charge is 2.42. The zero-order valence-electron chi connectivity index (χ0n) is 16.1. The number of hydrogen-bond donors (Lipinski definition) is 1. The topological polar surface area (TPSA) is 108 Å². The molecule has 0 fully saturated rings. The predicted octanol–water partition coefficient (Wildman–Crippen LogP) is 4.69. The maximum absolute atomic E-state index is 14.1. The van der Waals surface area contributed by atoms with E-state index in [4.69, 9.17) is 15.5 Å². The van der Waals surface area contributed by atoms with Crippen molar-refractivity contribution < 1.29 is 23.3 Å². The van der Waals surface area contributed by atoms with E-state index in [-0.39, 0.29) is 22.7 Å². The number of nitrogens with one attached hydrogen (secondary N) is 1. The number of terminal acetylenes is 1. The van der Waals surface area contributed by atoms with Crippen molar-refractivity contribution in [2.24, 2.45) is 0 Å². The van der Waals surface area contributed by atoms with Gasteiger partial charge in [-0.2, -0.15) is 0 Å². The number of hydrogen-bond acceptors (Lipinski definition) is 6. The molecule has 3 aromatic carbocycles. The molecule has 3 aromatic rings. The molecule has 31 heavy (non-hydrogen) atoms. The SMILES string of the molecule is C#CC(=O)NC(c1ccc([N+](=O)[O-])cc1)P(=O)(Oc1ccccc1)Oc1ccccc1. The zero-order valence-corrected chi connectivity index (χ0v) is 17.0. The summed E-state index contributed by atoms with van der Waals surface area (Å²) in [5, 5.41) is 13.4. The Morgan fingerprint density at radius 2 is 1.42 bits per heavy atom. The maximum Gasteiger partial charge on any atom is 0.457 e. The minimum absolute atomic E-state index is 0.173. The smallest absolute Gasteiger partial charge is 0.414 e. The molecule has 1 atom stereocenters. The van der Waals surface area contributed by atoms with Crippen molar-refractivity contribution in [1.29, 1.82) is 0 Å². The van der Waals surface area contributed by atoms with E-state index in [2.05, 4.69) is 5.32 Å². The second-order valence-electron chi connectivity index (χ2n) is 6.22. The average molecular weight is 436 g/mol. The van der Waals surface area contributed by atoms with Crippen LogP contribution < -0.4 is 14.4 Å². The van der Waals surface area contributed by atoms with E-state index in [0.29, 0.717) is 0 Å². The van der Waals surface area contributed by atoms with E-state index in [1.54, 1.807) is 60.7 Å². The van der Waals surface area contributed by atoms with Gasteiger partial charge >= 0.3 is 7.60 Å². The Bertz CT molecular complexity index is 1100. The van der Waals surface area contributed by atoms with E-state index in [1.807, 2.05) is 5.92 Å². The van der Waals surface area contributed by atoms with Gasteiger partial charge < -0.3 is 14.4 Å². The molecule has 3 rings (SSSR count). The lowest BCUT2D eigenvalue weighted by Crippen LogP contribution is -2.30. The summed E-state index contributed by atoms with van der Waals surface area (Å²) >= 11 is 0. The highest BCUT2D eigenvalue weighted by Crippen LogP contribution is 2.59. The Labute approximate surface area is 178 Å². The van der Waals surface area contributed by atoms with Crippen molar-refractivity contribution >= 4 is 19.2 Å². The third-order valence-corrected chi connectivity index (χ3v) is 6.08. The summed E-state index contributed by atoms with van der Waals surface area (Å²) in [4.78, 5) is 22.5. The summed E-state index contributed by atoms with van der Waals surface area (Å²) in [6.45, 7) is 0. The number of carbonyl (C=O) groups excluding carboxylic acids is 1. The van der Waals surface area contributed by atoms with Gasteiger partial charge in [0.05, 0.1) is 4.92 Å². The number of non-ortho nitro benzene ring substituents is 1. The Morgan fingerprint density at radius 3 is 1.84 bits per heavy atom. The summed E-state index contributed by atoms with van der Waals surface area (Å²) in [6, 6.07) is 21.7. The number of nitro benzene ring substituents is 1. The number of rotatable bonds is 8. The molecule has 1 unspecified atom stereocenters. The maximum atomic E-state index is 14.1. The van der Waals surface area contributed by atoms with Gasteiger partial charge in [0.15, 0.2) is 5.78 Å². The van der Waals surface area contributed by atoms with Crippen LogP contribution in [0.2, 0.25) is 0 Å². The summed E-state index contributed by atoms with van der Waals surface area (Å²) in [7, 11) is -4.20. The number of carbonyl (C=O) groups is 1. The van der Waals surface area contributed by atoms with Crippen LogP contribution in [0.5, 0.6) is 11.5 Å². The van der Waals surface area contributed by atoms with Crippen LogP contribution >= 0.6 is 7.60 Å². The first-order chi connectivity index (χ1) is 14.9. The van der Waals surface area contributed by atoms with Crippen molar-refractivity contribution in [2.75, 3.05) is 0 Å². The highest BCUT2D eigenvalue weighted by atomic mass is 31.2. The lowest BCUT2D eigenvalue weighted by molar-refractivity contribution is -0.384. The van der Waals surface area contributed by atoms with Gasteiger partial charge in [0.2, 0.25) is 0 Å². The van der Waals surface area contributed by atoms with E-state index in [1.165, 1.54) is 24.3 Å². The van der Waals surface area contributed by atoms with E-state index >= 15 is 0 Å². The number of nitrogens with zero attached hydrogens (tertiary/aromatic N) is 1. The molecule has 8 nitrogen and oxygen atoms in total.